The number of fused-ring (bicyclic) bond motifs is 1. The van der Waals surface area contributed by atoms with Crippen molar-refractivity contribution in [2.75, 3.05) is 20.3 Å². The van der Waals surface area contributed by atoms with Gasteiger partial charge in [-0.1, -0.05) is 0 Å². The molecule has 8 heteroatoms. The van der Waals surface area contributed by atoms with Crippen molar-refractivity contribution in [3.63, 3.8) is 0 Å². The van der Waals surface area contributed by atoms with Gasteiger partial charge < -0.3 is 14.2 Å². The van der Waals surface area contributed by atoms with Crippen LogP contribution in [0.1, 0.15) is 21.5 Å². The molecule has 0 amide bonds. The molecule has 0 aromatic heterocycles. The maximum absolute atomic E-state index is 12.9. The lowest BCUT2D eigenvalue weighted by atomic mass is 9.95. The lowest BCUT2D eigenvalue weighted by molar-refractivity contribution is -0.384. The molecule has 2 aromatic rings. The van der Waals surface area contributed by atoms with E-state index in [1.165, 1.54) is 37.4 Å². The minimum Gasteiger partial charge on any atom is -0.486 e. The summed E-state index contributed by atoms with van der Waals surface area (Å²) in [5.74, 6) is -0.0132. The Kier molecular flexibility index (Phi) is 4.83. The van der Waals surface area contributed by atoms with Crippen molar-refractivity contribution >= 4 is 17.4 Å². The topological polar surface area (TPSA) is 105 Å². The first-order valence-electron chi connectivity index (χ1n) is 7.78. The Morgan fingerprint density at radius 2 is 1.73 bits per heavy atom. The van der Waals surface area contributed by atoms with Crippen LogP contribution in [0.4, 0.5) is 5.69 Å². The number of carbonyl (C=O) groups excluding carboxylic acids is 2. The van der Waals surface area contributed by atoms with Crippen molar-refractivity contribution in [3.05, 3.63) is 63.2 Å². The molecule has 0 saturated heterocycles. The fraction of sp³-hybridized carbons (Fsp3) is 0.222. The van der Waals surface area contributed by atoms with Crippen molar-refractivity contribution in [3.8, 4) is 11.5 Å². The predicted octanol–water partition coefficient (Wildman–Crippen LogP) is 2.31. The molecule has 1 heterocycles. The smallest absolute Gasteiger partial charge is 0.310 e. The normalized spacial score (nSPS) is 12.3. The van der Waals surface area contributed by atoms with Gasteiger partial charge in [0, 0.05) is 23.3 Å². The lowest BCUT2D eigenvalue weighted by Gasteiger charge is -2.20. The highest BCUT2D eigenvalue weighted by Crippen LogP contribution is 2.34. The average Bonchev–Trinajstić information content (AvgIpc) is 2.66. The second-order valence-corrected chi connectivity index (χ2v) is 5.54. The molecule has 0 unspecified atom stereocenters. The molecule has 0 bridgehead atoms. The number of hydrogen-bond donors (Lipinski definition) is 0. The fourth-order valence-electron chi connectivity index (χ4n) is 2.61. The van der Waals surface area contributed by atoms with E-state index in [0.29, 0.717) is 30.3 Å². The van der Waals surface area contributed by atoms with Gasteiger partial charge in [-0.3, -0.25) is 19.7 Å². The van der Waals surface area contributed by atoms with Crippen molar-refractivity contribution < 1.29 is 28.7 Å². The van der Waals surface area contributed by atoms with Crippen LogP contribution < -0.4 is 9.47 Å². The molecule has 1 aliphatic heterocycles. The van der Waals surface area contributed by atoms with Crippen LogP contribution in [0.3, 0.4) is 0 Å². The molecule has 0 atom stereocenters. The quantitative estimate of drug-likeness (QED) is 0.350. The van der Waals surface area contributed by atoms with Crippen molar-refractivity contribution in [2.45, 2.75) is 6.42 Å². The van der Waals surface area contributed by atoms with Gasteiger partial charge in [-0.25, -0.2) is 0 Å². The standard InChI is InChI=1S/C18H15NO7/c1-24-17(20)9-12-8-15-16(26-7-6-25-15)10-14(12)18(21)11-2-4-13(5-3-11)19(22)23/h2-5,8,10H,6-7,9H2,1H3. The highest BCUT2D eigenvalue weighted by Gasteiger charge is 2.22. The predicted molar refractivity (Wildman–Crippen MR) is 89.7 cm³/mol. The third kappa shape index (κ3) is 3.49. The second kappa shape index (κ2) is 7.22. The molecule has 8 nitrogen and oxygen atoms in total. The van der Waals surface area contributed by atoms with Crippen LogP contribution in [-0.4, -0.2) is 37.0 Å². The number of rotatable bonds is 5. The Bertz CT molecular complexity index is 874. The minimum atomic E-state index is -0.541. The van der Waals surface area contributed by atoms with Crippen LogP contribution in [0, 0.1) is 10.1 Å². The third-order valence-electron chi connectivity index (χ3n) is 3.92. The number of carbonyl (C=O) groups is 2. The van der Waals surface area contributed by atoms with E-state index in [9.17, 15) is 19.7 Å². The van der Waals surface area contributed by atoms with Crippen molar-refractivity contribution in [2.24, 2.45) is 0 Å². The summed E-state index contributed by atoms with van der Waals surface area (Å²) in [6, 6.07) is 8.37. The number of methoxy groups -OCH3 is 1. The van der Waals surface area contributed by atoms with Crippen LogP contribution in [0.5, 0.6) is 11.5 Å². The van der Waals surface area contributed by atoms with E-state index < -0.39 is 10.9 Å². The van der Waals surface area contributed by atoms with E-state index in [1.807, 2.05) is 0 Å². The van der Waals surface area contributed by atoms with Gasteiger partial charge in [0.05, 0.1) is 18.5 Å². The van der Waals surface area contributed by atoms with Crippen LogP contribution in [-0.2, 0) is 16.0 Å². The number of ether oxygens (including phenoxy) is 3. The lowest BCUT2D eigenvalue weighted by Crippen LogP contribution is -2.18. The summed E-state index contributed by atoms with van der Waals surface area (Å²) in [6.07, 6.45) is -0.110. The number of nitro benzene ring substituents is 1. The van der Waals surface area contributed by atoms with Gasteiger partial charge in [-0.2, -0.15) is 0 Å². The van der Waals surface area contributed by atoms with E-state index in [2.05, 4.69) is 4.74 Å². The zero-order valence-corrected chi connectivity index (χ0v) is 13.9. The van der Waals surface area contributed by atoms with E-state index >= 15 is 0 Å². The van der Waals surface area contributed by atoms with E-state index in [0.717, 1.165) is 0 Å². The zero-order chi connectivity index (χ0) is 18.7. The summed E-state index contributed by atoms with van der Waals surface area (Å²) in [7, 11) is 1.26. The summed E-state index contributed by atoms with van der Waals surface area (Å²) >= 11 is 0. The largest absolute Gasteiger partial charge is 0.486 e. The molecule has 0 fully saturated rings. The van der Waals surface area contributed by atoms with E-state index in [1.54, 1.807) is 6.07 Å². The maximum atomic E-state index is 12.9. The maximum Gasteiger partial charge on any atom is 0.310 e. The average molecular weight is 357 g/mol. The van der Waals surface area contributed by atoms with Crippen LogP contribution in [0.25, 0.3) is 0 Å². The van der Waals surface area contributed by atoms with Crippen molar-refractivity contribution in [1.29, 1.82) is 0 Å². The number of nitro groups is 1. The first kappa shape index (κ1) is 17.4. The molecule has 0 N–H and O–H groups in total. The summed E-state index contributed by atoms with van der Waals surface area (Å²) in [4.78, 5) is 34.8. The van der Waals surface area contributed by atoms with Crippen molar-refractivity contribution in [1.82, 2.24) is 0 Å². The summed E-state index contributed by atoms with van der Waals surface area (Å²) in [5.41, 5.74) is 0.842. The highest BCUT2D eigenvalue weighted by atomic mass is 16.6. The van der Waals surface area contributed by atoms with Gasteiger partial charge in [0.25, 0.3) is 5.69 Å². The van der Waals surface area contributed by atoms with E-state index in [-0.39, 0.29) is 29.0 Å². The first-order valence-corrected chi connectivity index (χ1v) is 7.78. The Hall–Kier alpha value is -3.42. The molecule has 26 heavy (non-hydrogen) atoms. The first-order chi connectivity index (χ1) is 12.5. The Balaban J connectivity index is 2.01. The molecular weight excluding hydrogens is 342 g/mol. The van der Waals surface area contributed by atoms with Gasteiger partial charge in [0.2, 0.25) is 0 Å². The molecule has 134 valence electrons. The van der Waals surface area contributed by atoms with Gasteiger partial charge in [0.1, 0.15) is 13.2 Å². The molecule has 3 rings (SSSR count). The summed E-state index contributed by atoms with van der Waals surface area (Å²) in [6.45, 7) is 0.731. The minimum absolute atomic E-state index is 0.110. The van der Waals surface area contributed by atoms with Crippen LogP contribution in [0.2, 0.25) is 0 Å². The van der Waals surface area contributed by atoms with Crippen LogP contribution >= 0.6 is 0 Å². The molecule has 2 aromatic carbocycles. The number of ketones is 1. The number of non-ortho nitro benzene ring substituents is 1. The Morgan fingerprint density at radius 3 is 2.31 bits per heavy atom. The Labute approximate surface area is 148 Å². The second-order valence-electron chi connectivity index (χ2n) is 5.54. The number of hydrogen-bond acceptors (Lipinski definition) is 7. The van der Waals surface area contributed by atoms with Gasteiger partial charge in [-0.15, -0.1) is 0 Å². The van der Waals surface area contributed by atoms with E-state index in [4.69, 9.17) is 9.47 Å². The number of esters is 1. The molecule has 0 aliphatic carbocycles. The fourth-order valence-corrected chi connectivity index (χ4v) is 2.61. The van der Waals surface area contributed by atoms with Gasteiger partial charge >= 0.3 is 5.97 Å². The summed E-state index contributed by atoms with van der Waals surface area (Å²) in [5, 5.41) is 10.8. The molecule has 1 aliphatic rings. The molecule has 0 radical (unpaired) electrons. The Morgan fingerprint density at radius 1 is 1.12 bits per heavy atom. The monoisotopic (exact) mass is 357 g/mol. The third-order valence-corrected chi connectivity index (χ3v) is 3.92. The summed E-state index contributed by atoms with van der Waals surface area (Å²) < 4.78 is 15.7. The molecule has 0 spiro atoms. The SMILES string of the molecule is COC(=O)Cc1cc2c(cc1C(=O)c1ccc([N+](=O)[O-])cc1)OCCO2. The number of nitrogens with zero attached hydrogens (tertiary/aromatic N) is 1. The van der Waals surface area contributed by atoms with Gasteiger partial charge in [0.15, 0.2) is 17.3 Å². The van der Waals surface area contributed by atoms with Gasteiger partial charge in [-0.05, 0) is 29.8 Å². The highest BCUT2D eigenvalue weighted by molar-refractivity contribution is 6.10. The molecular formula is C18H15NO7. The van der Waals surface area contributed by atoms with Crippen LogP contribution in [0.15, 0.2) is 36.4 Å². The molecule has 0 saturated carbocycles. The number of benzene rings is 2. The zero-order valence-electron chi connectivity index (χ0n) is 13.9.